The summed E-state index contributed by atoms with van der Waals surface area (Å²) >= 11 is 0. The quantitative estimate of drug-likeness (QED) is 0.0578. The number of unbranched alkanes of at least 4 members (excludes halogenated alkanes) is 5. The van der Waals surface area contributed by atoms with Crippen LogP contribution in [0.3, 0.4) is 0 Å². The number of halogens is 1. The van der Waals surface area contributed by atoms with Crippen molar-refractivity contribution >= 4 is 23.5 Å². The molecule has 0 saturated carbocycles. The van der Waals surface area contributed by atoms with Gasteiger partial charge < -0.3 is 33.5 Å². The van der Waals surface area contributed by atoms with Crippen LogP contribution in [0, 0.1) is 0 Å². The van der Waals surface area contributed by atoms with Crippen LogP contribution in [-0.4, -0.2) is 46.1 Å². The van der Waals surface area contributed by atoms with Crippen molar-refractivity contribution in [1.82, 2.24) is 4.48 Å². The van der Waals surface area contributed by atoms with Gasteiger partial charge in [-0.05, 0) is 48.8 Å². The van der Waals surface area contributed by atoms with E-state index in [9.17, 15) is 9.59 Å². The number of allylic oxidation sites excluding steroid dienone is 1. The molecule has 0 aliphatic heterocycles. The van der Waals surface area contributed by atoms with E-state index in [1.165, 1.54) is 5.69 Å². The van der Waals surface area contributed by atoms with E-state index in [0.29, 0.717) is 25.2 Å². The Hall–Kier alpha value is -2.97. The monoisotopic (exact) mass is 655 g/mol. The Morgan fingerprint density at radius 3 is 2.00 bits per heavy atom. The highest BCUT2D eigenvalue weighted by molar-refractivity contribution is 6.06. The van der Waals surface area contributed by atoms with Crippen LogP contribution in [0.2, 0.25) is 0 Å². The third kappa shape index (κ3) is 12.0. The molecule has 0 aliphatic rings. The predicted octanol–water partition coefficient (Wildman–Crippen LogP) is 4.29. The first kappa shape index (κ1) is 33.2. The average molecular weight is 656 g/mol. The SMILES string of the molecule is C[N+](C)(C)c1ccc(CC(=O)OCCCCCCCCOc2ccccc2/C=C/C(=O)c2ccccc2)cc1.[I-]. The van der Waals surface area contributed by atoms with Gasteiger partial charge in [-0.3, -0.25) is 14.1 Å². The predicted molar refractivity (Wildman–Crippen MR) is 160 cm³/mol. The lowest BCUT2D eigenvalue weighted by Crippen LogP contribution is -3.00. The Labute approximate surface area is 256 Å². The molecule has 0 aromatic heterocycles. The fraction of sp³-hybridized carbons (Fsp3) is 0.353. The number of rotatable bonds is 16. The van der Waals surface area contributed by atoms with Gasteiger partial charge in [0, 0.05) is 11.1 Å². The first-order valence-electron chi connectivity index (χ1n) is 13.9. The van der Waals surface area contributed by atoms with Gasteiger partial charge in [-0.2, -0.15) is 0 Å². The maximum absolute atomic E-state index is 12.3. The standard InChI is InChI=1S/C34H42NO4.HI/c1-35(2,3)31-22-19-28(20-23-31)27-34(37)39-26-14-7-5-4-6-13-25-38-33-18-12-11-17-30(33)21-24-32(36)29-15-9-8-10-16-29;/h8-12,15-24H,4-7,13-14,25-27H2,1-3H3;1H/q+1;/p-1/b24-21+;. The molecule has 214 valence electrons. The summed E-state index contributed by atoms with van der Waals surface area (Å²) in [4.78, 5) is 24.5. The highest BCUT2D eigenvalue weighted by Crippen LogP contribution is 2.21. The molecule has 0 amide bonds. The molecule has 0 heterocycles. The second-order valence-electron chi connectivity index (χ2n) is 10.6. The Balaban J connectivity index is 0.00000560. The Morgan fingerprint density at radius 1 is 0.725 bits per heavy atom. The van der Waals surface area contributed by atoms with Crippen LogP contribution in [-0.2, 0) is 16.0 Å². The Bertz CT molecular complexity index is 1200. The summed E-state index contributed by atoms with van der Waals surface area (Å²) in [6.45, 7) is 1.13. The summed E-state index contributed by atoms with van der Waals surface area (Å²) in [5.74, 6) is 0.607. The topological polar surface area (TPSA) is 52.6 Å². The number of hydrogen-bond donors (Lipinski definition) is 0. The molecular weight excluding hydrogens is 613 g/mol. The molecule has 0 spiro atoms. The number of benzene rings is 3. The lowest BCUT2D eigenvalue weighted by molar-refractivity contribution is -0.142. The molecule has 0 saturated heterocycles. The number of carbonyl (C=O) groups is 2. The molecule has 3 aromatic rings. The smallest absolute Gasteiger partial charge is 0.310 e. The third-order valence-corrected chi connectivity index (χ3v) is 6.51. The highest BCUT2D eigenvalue weighted by Gasteiger charge is 2.12. The van der Waals surface area contributed by atoms with Crippen molar-refractivity contribution in [3.63, 3.8) is 0 Å². The van der Waals surface area contributed by atoms with Gasteiger partial charge >= 0.3 is 5.97 Å². The van der Waals surface area contributed by atoms with Crippen LogP contribution in [0.15, 0.2) is 84.9 Å². The number of nitrogens with zero attached hydrogens (tertiary/aromatic N) is 1. The van der Waals surface area contributed by atoms with Crippen molar-refractivity contribution in [2.24, 2.45) is 0 Å². The molecule has 0 unspecified atom stereocenters. The van der Waals surface area contributed by atoms with Crippen LogP contribution in [0.5, 0.6) is 5.75 Å². The fourth-order valence-electron chi connectivity index (χ4n) is 4.17. The minimum absolute atomic E-state index is 0. The molecular formula is C34H42INO4. The molecule has 5 nitrogen and oxygen atoms in total. The van der Waals surface area contributed by atoms with Gasteiger partial charge in [-0.25, -0.2) is 0 Å². The molecule has 0 bridgehead atoms. The molecule has 0 fully saturated rings. The lowest BCUT2D eigenvalue weighted by atomic mass is 10.1. The third-order valence-electron chi connectivity index (χ3n) is 6.51. The van der Waals surface area contributed by atoms with Crippen molar-refractivity contribution in [1.29, 1.82) is 0 Å². The van der Waals surface area contributed by atoms with E-state index in [1.807, 2.05) is 72.8 Å². The van der Waals surface area contributed by atoms with Crippen molar-refractivity contribution in [2.45, 2.75) is 44.9 Å². The zero-order chi connectivity index (χ0) is 27.9. The molecule has 0 N–H and O–H groups in total. The zero-order valence-corrected chi connectivity index (χ0v) is 26.1. The lowest BCUT2D eigenvalue weighted by Gasteiger charge is -2.23. The van der Waals surface area contributed by atoms with Gasteiger partial charge in [0.2, 0.25) is 0 Å². The van der Waals surface area contributed by atoms with Gasteiger partial charge in [0.15, 0.2) is 5.78 Å². The van der Waals surface area contributed by atoms with E-state index < -0.39 is 0 Å². The van der Waals surface area contributed by atoms with Gasteiger partial charge in [0.25, 0.3) is 0 Å². The summed E-state index contributed by atoms with van der Waals surface area (Å²) in [5.41, 5.74) is 3.76. The van der Waals surface area contributed by atoms with Gasteiger partial charge in [-0.1, -0.05) is 86.3 Å². The van der Waals surface area contributed by atoms with E-state index in [0.717, 1.165) is 59.9 Å². The van der Waals surface area contributed by atoms with Crippen molar-refractivity contribution in [3.05, 3.63) is 102 Å². The number of ether oxygens (including phenoxy) is 2. The van der Waals surface area contributed by atoms with Crippen LogP contribution < -0.4 is 33.2 Å². The fourth-order valence-corrected chi connectivity index (χ4v) is 4.17. The van der Waals surface area contributed by atoms with Gasteiger partial charge in [0.1, 0.15) is 11.4 Å². The second-order valence-corrected chi connectivity index (χ2v) is 10.6. The molecule has 40 heavy (non-hydrogen) atoms. The first-order valence-corrected chi connectivity index (χ1v) is 13.9. The van der Waals surface area contributed by atoms with Gasteiger partial charge in [0.05, 0.1) is 40.8 Å². The number of esters is 1. The van der Waals surface area contributed by atoms with E-state index in [4.69, 9.17) is 9.47 Å². The molecule has 0 radical (unpaired) electrons. The van der Waals surface area contributed by atoms with E-state index in [1.54, 1.807) is 6.08 Å². The molecule has 3 rings (SSSR count). The van der Waals surface area contributed by atoms with Crippen molar-refractivity contribution in [3.8, 4) is 5.75 Å². The summed E-state index contributed by atoms with van der Waals surface area (Å²) in [5, 5.41) is 0. The molecule has 0 atom stereocenters. The second kappa shape index (κ2) is 17.7. The molecule has 6 heteroatoms. The Morgan fingerprint density at radius 2 is 1.32 bits per heavy atom. The minimum atomic E-state index is -0.162. The summed E-state index contributed by atoms with van der Waals surface area (Å²) < 4.78 is 12.2. The number of carbonyl (C=O) groups excluding carboxylic acids is 2. The number of ketones is 1. The van der Waals surface area contributed by atoms with Crippen molar-refractivity contribution in [2.75, 3.05) is 34.4 Å². The molecule has 3 aromatic carbocycles. The number of para-hydroxylation sites is 1. The average Bonchev–Trinajstić information content (AvgIpc) is 2.93. The van der Waals surface area contributed by atoms with E-state index >= 15 is 0 Å². The normalized spacial score (nSPS) is 11.2. The van der Waals surface area contributed by atoms with Crippen LogP contribution in [0.1, 0.15) is 60.0 Å². The Kier molecular flexibility index (Phi) is 14.7. The summed E-state index contributed by atoms with van der Waals surface area (Å²) in [7, 11) is 6.36. The highest BCUT2D eigenvalue weighted by atomic mass is 127. The maximum atomic E-state index is 12.3. The minimum Gasteiger partial charge on any atom is -1.00 e. The van der Waals surface area contributed by atoms with Gasteiger partial charge in [-0.15, -0.1) is 0 Å². The number of quaternary nitrogens is 1. The van der Waals surface area contributed by atoms with Crippen LogP contribution in [0.25, 0.3) is 6.08 Å². The van der Waals surface area contributed by atoms with Crippen molar-refractivity contribution < 1.29 is 43.0 Å². The zero-order valence-electron chi connectivity index (χ0n) is 24.0. The molecule has 0 aliphatic carbocycles. The van der Waals surface area contributed by atoms with Crippen LogP contribution in [0.4, 0.5) is 5.69 Å². The number of hydrogen-bond acceptors (Lipinski definition) is 4. The van der Waals surface area contributed by atoms with E-state index in [2.05, 4.69) is 33.3 Å². The summed E-state index contributed by atoms with van der Waals surface area (Å²) in [6.07, 6.45) is 9.99. The maximum Gasteiger partial charge on any atom is 0.310 e. The largest absolute Gasteiger partial charge is 1.00 e. The van der Waals surface area contributed by atoms with Crippen LogP contribution >= 0.6 is 0 Å². The summed E-state index contributed by atoms with van der Waals surface area (Å²) in [6, 6.07) is 25.2. The van der Waals surface area contributed by atoms with E-state index in [-0.39, 0.29) is 35.7 Å². The first-order chi connectivity index (χ1) is 18.8.